The zero-order valence-corrected chi connectivity index (χ0v) is 13.4. The fourth-order valence-electron chi connectivity index (χ4n) is 1.87. The normalized spacial score (nSPS) is 12.2. The van der Waals surface area contributed by atoms with Gasteiger partial charge in [0, 0.05) is 24.2 Å². The van der Waals surface area contributed by atoms with E-state index in [1.807, 2.05) is 0 Å². The lowest BCUT2D eigenvalue weighted by molar-refractivity contribution is -0.146. The highest BCUT2D eigenvalue weighted by atomic mass is 35.5. The van der Waals surface area contributed by atoms with Gasteiger partial charge in [-0.1, -0.05) is 30.7 Å². The van der Waals surface area contributed by atoms with Gasteiger partial charge in [-0.3, -0.25) is 9.59 Å². The number of halogens is 1. The van der Waals surface area contributed by atoms with Crippen LogP contribution in [0.4, 0.5) is 0 Å². The molecule has 0 saturated carbocycles. The molecule has 1 atom stereocenters. The molecule has 22 heavy (non-hydrogen) atoms. The van der Waals surface area contributed by atoms with Crippen molar-refractivity contribution in [3.05, 3.63) is 40.9 Å². The summed E-state index contributed by atoms with van der Waals surface area (Å²) in [5.74, 6) is -1.12. The topological polar surface area (TPSA) is 66.8 Å². The average Bonchev–Trinajstić information content (AvgIpc) is 2.52. The fourth-order valence-corrected chi connectivity index (χ4v) is 1.99. The molecule has 0 aliphatic carbocycles. The Bertz CT molecular complexity index is 527. The van der Waals surface area contributed by atoms with E-state index in [2.05, 4.69) is 4.74 Å². The van der Waals surface area contributed by atoms with Gasteiger partial charge in [0.25, 0.3) is 0 Å². The minimum absolute atomic E-state index is 0.158. The van der Waals surface area contributed by atoms with Crippen molar-refractivity contribution in [1.82, 2.24) is 4.90 Å². The number of benzene rings is 1. The van der Waals surface area contributed by atoms with Gasteiger partial charge in [-0.15, -0.1) is 0 Å². The highest BCUT2D eigenvalue weighted by Gasteiger charge is 2.19. The van der Waals surface area contributed by atoms with Crippen molar-refractivity contribution in [1.29, 1.82) is 0 Å². The number of rotatable bonds is 7. The van der Waals surface area contributed by atoms with E-state index in [9.17, 15) is 9.59 Å². The second-order valence-corrected chi connectivity index (χ2v) is 5.25. The first-order valence-corrected chi connectivity index (χ1v) is 7.27. The number of aliphatic hydroxyl groups excluding tert-OH is 1. The van der Waals surface area contributed by atoms with Crippen molar-refractivity contribution >= 4 is 29.6 Å². The Morgan fingerprint density at radius 2 is 2.00 bits per heavy atom. The van der Waals surface area contributed by atoms with E-state index in [1.165, 1.54) is 18.1 Å². The molecule has 1 amide bonds. The Labute approximate surface area is 135 Å². The van der Waals surface area contributed by atoms with Crippen molar-refractivity contribution in [2.45, 2.75) is 6.92 Å². The summed E-state index contributed by atoms with van der Waals surface area (Å²) in [6, 6.07) is 7.05. The van der Waals surface area contributed by atoms with E-state index >= 15 is 0 Å². The Balaban J connectivity index is 2.71. The predicted octanol–water partition coefficient (Wildman–Crippen LogP) is 1.98. The van der Waals surface area contributed by atoms with E-state index in [0.717, 1.165) is 5.56 Å². The summed E-state index contributed by atoms with van der Waals surface area (Å²) in [6.45, 7) is 1.85. The second kappa shape index (κ2) is 9.23. The van der Waals surface area contributed by atoms with Gasteiger partial charge in [-0.25, -0.2) is 0 Å². The zero-order valence-electron chi connectivity index (χ0n) is 12.7. The van der Waals surface area contributed by atoms with Crippen molar-refractivity contribution in [3.63, 3.8) is 0 Å². The fraction of sp³-hybridized carbons (Fsp3) is 0.375. The number of methoxy groups -OCH3 is 1. The molecular formula is C16H20ClNO4. The molecule has 0 spiro atoms. The number of amides is 1. The van der Waals surface area contributed by atoms with Crippen LogP contribution in [-0.2, 0) is 14.3 Å². The van der Waals surface area contributed by atoms with E-state index in [0.29, 0.717) is 5.02 Å². The Hall–Kier alpha value is -1.85. The molecule has 6 heteroatoms. The largest absolute Gasteiger partial charge is 0.469 e. The minimum atomic E-state index is -0.454. The monoisotopic (exact) mass is 325 g/mol. The van der Waals surface area contributed by atoms with Crippen LogP contribution >= 0.6 is 11.6 Å². The van der Waals surface area contributed by atoms with Crippen molar-refractivity contribution < 1.29 is 19.4 Å². The molecule has 1 aromatic carbocycles. The van der Waals surface area contributed by atoms with Gasteiger partial charge in [0.15, 0.2) is 0 Å². The Morgan fingerprint density at radius 3 is 2.55 bits per heavy atom. The molecule has 0 saturated heterocycles. The van der Waals surface area contributed by atoms with Crippen LogP contribution in [0.5, 0.6) is 0 Å². The van der Waals surface area contributed by atoms with Crippen LogP contribution in [0, 0.1) is 5.92 Å². The molecule has 1 N–H and O–H groups in total. The molecule has 0 heterocycles. The SMILES string of the molecule is COC(=O)C(C)CN(CCO)C(=O)/C=C/c1ccc(Cl)cc1. The molecule has 5 nitrogen and oxygen atoms in total. The quantitative estimate of drug-likeness (QED) is 0.615. The highest BCUT2D eigenvalue weighted by molar-refractivity contribution is 6.30. The average molecular weight is 326 g/mol. The summed E-state index contributed by atoms with van der Waals surface area (Å²) in [6.07, 6.45) is 3.06. The van der Waals surface area contributed by atoms with E-state index in [-0.39, 0.29) is 25.6 Å². The highest BCUT2D eigenvalue weighted by Crippen LogP contribution is 2.11. The van der Waals surface area contributed by atoms with Gasteiger partial charge in [0.05, 0.1) is 19.6 Å². The number of hydrogen-bond donors (Lipinski definition) is 1. The number of carbonyl (C=O) groups excluding carboxylic acids is 2. The Kier molecular flexibility index (Phi) is 7.63. The summed E-state index contributed by atoms with van der Waals surface area (Å²) < 4.78 is 4.64. The molecule has 0 radical (unpaired) electrons. The van der Waals surface area contributed by atoms with Crippen LogP contribution in [0.15, 0.2) is 30.3 Å². The summed E-state index contributed by atoms with van der Waals surface area (Å²) in [5, 5.41) is 9.68. The smallest absolute Gasteiger partial charge is 0.310 e. The van der Waals surface area contributed by atoms with Gasteiger partial charge < -0.3 is 14.7 Å². The van der Waals surface area contributed by atoms with E-state index in [4.69, 9.17) is 16.7 Å². The number of esters is 1. The third-order valence-electron chi connectivity index (χ3n) is 3.07. The maximum absolute atomic E-state index is 12.2. The van der Waals surface area contributed by atoms with E-state index < -0.39 is 11.9 Å². The molecule has 1 rings (SSSR count). The molecule has 0 aliphatic rings. The number of hydrogen-bond acceptors (Lipinski definition) is 4. The zero-order chi connectivity index (χ0) is 16.5. The summed E-state index contributed by atoms with van der Waals surface area (Å²) in [4.78, 5) is 25.0. The van der Waals surface area contributed by atoms with Crippen LogP contribution in [0.2, 0.25) is 5.02 Å². The predicted molar refractivity (Wildman–Crippen MR) is 85.3 cm³/mol. The van der Waals surface area contributed by atoms with Gasteiger partial charge in [-0.2, -0.15) is 0 Å². The summed E-state index contributed by atoms with van der Waals surface area (Å²) >= 11 is 5.80. The molecule has 0 aromatic heterocycles. The first-order valence-electron chi connectivity index (χ1n) is 6.89. The lowest BCUT2D eigenvalue weighted by Gasteiger charge is -2.22. The third-order valence-corrected chi connectivity index (χ3v) is 3.32. The first kappa shape index (κ1) is 18.2. The number of aliphatic hydroxyl groups is 1. The first-order chi connectivity index (χ1) is 10.5. The van der Waals surface area contributed by atoms with E-state index in [1.54, 1.807) is 37.3 Å². The van der Waals surface area contributed by atoms with Crippen LogP contribution in [0.25, 0.3) is 6.08 Å². The molecule has 0 aliphatic heterocycles. The van der Waals surface area contributed by atoms with Gasteiger partial charge in [0.1, 0.15) is 0 Å². The maximum atomic E-state index is 12.2. The van der Waals surface area contributed by atoms with Gasteiger partial charge >= 0.3 is 5.97 Å². The van der Waals surface area contributed by atoms with Crippen LogP contribution < -0.4 is 0 Å². The second-order valence-electron chi connectivity index (χ2n) is 4.82. The standard InChI is InChI=1S/C16H20ClNO4/c1-12(16(21)22-2)11-18(9-10-19)15(20)8-5-13-3-6-14(17)7-4-13/h3-8,12,19H,9-11H2,1-2H3/b8-5+. The molecule has 0 fully saturated rings. The lowest BCUT2D eigenvalue weighted by Crippen LogP contribution is -2.38. The summed E-state index contributed by atoms with van der Waals surface area (Å²) in [5.41, 5.74) is 0.836. The third kappa shape index (κ3) is 5.87. The maximum Gasteiger partial charge on any atom is 0.310 e. The molecule has 0 bridgehead atoms. The van der Waals surface area contributed by atoms with Crippen LogP contribution in [0.3, 0.4) is 0 Å². The van der Waals surface area contributed by atoms with Crippen molar-refractivity contribution in [2.24, 2.45) is 5.92 Å². The Morgan fingerprint density at radius 1 is 1.36 bits per heavy atom. The van der Waals surface area contributed by atoms with Gasteiger partial charge in [-0.05, 0) is 23.8 Å². The van der Waals surface area contributed by atoms with Crippen LogP contribution in [-0.4, -0.2) is 48.7 Å². The lowest BCUT2D eigenvalue weighted by atomic mass is 10.1. The summed E-state index contributed by atoms with van der Waals surface area (Å²) in [7, 11) is 1.30. The number of ether oxygens (including phenoxy) is 1. The van der Waals surface area contributed by atoms with Crippen molar-refractivity contribution in [2.75, 3.05) is 26.8 Å². The molecular weight excluding hydrogens is 306 g/mol. The molecule has 1 aromatic rings. The number of nitrogens with zero attached hydrogens (tertiary/aromatic N) is 1. The molecule has 1 unspecified atom stereocenters. The van der Waals surface area contributed by atoms with Gasteiger partial charge in [0.2, 0.25) is 5.91 Å². The van der Waals surface area contributed by atoms with Crippen molar-refractivity contribution in [3.8, 4) is 0 Å². The number of carbonyl (C=O) groups is 2. The van der Waals surface area contributed by atoms with Crippen LogP contribution in [0.1, 0.15) is 12.5 Å². The molecule has 120 valence electrons. The minimum Gasteiger partial charge on any atom is -0.469 e.